The second kappa shape index (κ2) is 8.29. The lowest BCUT2D eigenvalue weighted by molar-refractivity contribution is 0.200. The Morgan fingerprint density at radius 3 is 2.31 bits per heavy atom. The summed E-state index contributed by atoms with van der Waals surface area (Å²) in [6.07, 6.45) is 6.43. The number of anilines is 1. The lowest BCUT2D eigenvalue weighted by Crippen LogP contribution is -2.38. The Labute approximate surface area is 153 Å². The van der Waals surface area contributed by atoms with Crippen molar-refractivity contribution in [2.24, 2.45) is 0 Å². The molecular weight excluding hydrogens is 352 g/mol. The molecule has 0 saturated carbocycles. The van der Waals surface area contributed by atoms with E-state index < -0.39 is 10.0 Å². The van der Waals surface area contributed by atoms with Crippen LogP contribution >= 0.6 is 0 Å². The molecule has 2 aromatic rings. The molecule has 1 aromatic heterocycles. The quantitative estimate of drug-likeness (QED) is 0.841. The van der Waals surface area contributed by atoms with Gasteiger partial charge >= 0.3 is 6.03 Å². The first kappa shape index (κ1) is 18.3. The number of hydrogen-bond donors (Lipinski definition) is 2. The highest BCUT2D eigenvalue weighted by Crippen LogP contribution is 2.16. The normalized spacial score (nSPS) is 14.8. The van der Waals surface area contributed by atoms with Gasteiger partial charge < -0.3 is 10.2 Å². The Balaban J connectivity index is 1.60. The molecule has 2 amide bonds. The molecule has 1 aromatic carbocycles. The van der Waals surface area contributed by atoms with Gasteiger partial charge in [0.25, 0.3) is 0 Å². The van der Waals surface area contributed by atoms with Gasteiger partial charge in [0, 0.05) is 37.7 Å². The number of likely N-dealkylation sites (tertiary alicyclic amines) is 1. The predicted molar refractivity (Wildman–Crippen MR) is 99.1 cm³/mol. The Hall–Kier alpha value is -2.45. The van der Waals surface area contributed by atoms with E-state index in [1.165, 1.54) is 12.1 Å². The van der Waals surface area contributed by atoms with Gasteiger partial charge in [-0.1, -0.05) is 0 Å². The summed E-state index contributed by atoms with van der Waals surface area (Å²) in [4.78, 5) is 18.0. The average Bonchev–Trinajstić information content (AvgIpc) is 2.68. The summed E-state index contributed by atoms with van der Waals surface area (Å²) in [6, 6.07) is 9.53. The minimum absolute atomic E-state index is 0.142. The van der Waals surface area contributed by atoms with Crippen LogP contribution in [-0.2, 0) is 16.6 Å². The summed E-state index contributed by atoms with van der Waals surface area (Å²) < 4.78 is 27.3. The zero-order valence-corrected chi connectivity index (χ0v) is 15.2. The first-order valence-corrected chi connectivity index (χ1v) is 10.1. The number of amides is 2. The number of rotatable bonds is 5. The molecule has 7 nitrogen and oxygen atoms in total. The van der Waals surface area contributed by atoms with Crippen LogP contribution in [-0.4, -0.2) is 37.4 Å². The number of hydrogen-bond acceptors (Lipinski definition) is 4. The fourth-order valence-corrected chi connectivity index (χ4v) is 3.80. The van der Waals surface area contributed by atoms with Crippen molar-refractivity contribution in [2.45, 2.75) is 30.7 Å². The van der Waals surface area contributed by atoms with E-state index in [2.05, 4.69) is 15.0 Å². The van der Waals surface area contributed by atoms with Crippen LogP contribution in [0, 0.1) is 0 Å². The molecule has 8 heteroatoms. The fourth-order valence-electron chi connectivity index (χ4n) is 2.78. The molecule has 0 radical (unpaired) electrons. The van der Waals surface area contributed by atoms with E-state index >= 15 is 0 Å². The molecule has 0 unspecified atom stereocenters. The zero-order valence-electron chi connectivity index (χ0n) is 14.4. The van der Waals surface area contributed by atoms with Crippen LogP contribution in [0.1, 0.15) is 24.8 Å². The van der Waals surface area contributed by atoms with Gasteiger partial charge in [-0.2, -0.15) is 0 Å². The topological polar surface area (TPSA) is 91.4 Å². The van der Waals surface area contributed by atoms with Gasteiger partial charge in [-0.25, -0.2) is 17.9 Å². The number of aromatic nitrogens is 1. The molecule has 26 heavy (non-hydrogen) atoms. The third kappa shape index (κ3) is 4.80. The van der Waals surface area contributed by atoms with E-state index in [1.54, 1.807) is 41.6 Å². The maximum Gasteiger partial charge on any atom is 0.321 e. The largest absolute Gasteiger partial charge is 0.325 e. The molecule has 3 rings (SSSR count). The molecule has 1 aliphatic heterocycles. The average molecular weight is 374 g/mol. The van der Waals surface area contributed by atoms with Crippen LogP contribution in [0.25, 0.3) is 0 Å². The van der Waals surface area contributed by atoms with Crippen molar-refractivity contribution in [3.63, 3.8) is 0 Å². The van der Waals surface area contributed by atoms with Crippen LogP contribution in [0.2, 0.25) is 0 Å². The molecule has 0 bridgehead atoms. The third-order valence-corrected chi connectivity index (χ3v) is 5.69. The van der Waals surface area contributed by atoms with Crippen molar-refractivity contribution >= 4 is 21.7 Å². The van der Waals surface area contributed by atoms with Gasteiger partial charge in [0.15, 0.2) is 0 Å². The molecular formula is C18H22N4O3S. The van der Waals surface area contributed by atoms with Crippen molar-refractivity contribution in [1.82, 2.24) is 14.6 Å². The number of sulfonamides is 1. The highest BCUT2D eigenvalue weighted by molar-refractivity contribution is 7.89. The third-order valence-electron chi connectivity index (χ3n) is 4.27. The molecule has 1 fully saturated rings. The minimum Gasteiger partial charge on any atom is -0.325 e. The summed E-state index contributed by atoms with van der Waals surface area (Å²) in [5, 5.41) is 2.81. The second-order valence-corrected chi connectivity index (χ2v) is 7.95. The van der Waals surface area contributed by atoms with Crippen molar-refractivity contribution in [1.29, 1.82) is 0 Å². The number of benzene rings is 1. The fraction of sp³-hybridized carbons (Fsp3) is 0.333. The first-order valence-electron chi connectivity index (χ1n) is 8.59. The number of carbonyl (C=O) groups is 1. The van der Waals surface area contributed by atoms with Crippen LogP contribution in [0.4, 0.5) is 10.5 Å². The zero-order chi connectivity index (χ0) is 18.4. The Bertz CT molecular complexity index is 832. The molecule has 2 heterocycles. The number of piperidine rings is 1. The van der Waals surface area contributed by atoms with E-state index in [1.807, 2.05) is 0 Å². The van der Waals surface area contributed by atoms with Crippen LogP contribution in [0.15, 0.2) is 53.7 Å². The summed E-state index contributed by atoms with van der Waals surface area (Å²) in [6.45, 7) is 1.72. The monoisotopic (exact) mass is 374 g/mol. The molecule has 138 valence electrons. The summed E-state index contributed by atoms with van der Waals surface area (Å²) in [7, 11) is -3.62. The minimum atomic E-state index is -3.62. The van der Waals surface area contributed by atoms with Crippen molar-refractivity contribution < 1.29 is 13.2 Å². The van der Waals surface area contributed by atoms with E-state index in [0.717, 1.165) is 37.9 Å². The summed E-state index contributed by atoms with van der Waals surface area (Å²) in [5.74, 6) is 0. The molecule has 0 atom stereocenters. The van der Waals surface area contributed by atoms with Gasteiger partial charge in [0.05, 0.1) is 4.90 Å². The van der Waals surface area contributed by atoms with Gasteiger partial charge in [0.1, 0.15) is 0 Å². The highest BCUT2D eigenvalue weighted by Gasteiger charge is 2.17. The van der Waals surface area contributed by atoms with Crippen LogP contribution < -0.4 is 10.0 Å². The lowest BCUT2D eigenvalue weighted by Gasteiger charge is -2.26. The van der Waals surface area contributed by atoms with Crippen molar-refractivity contribution in [3.8, 4) is 0 Å². The second-order valence-electron chi connectivity index (χ2n) is 6.18. The number of pyridine rings is 1. The van der Waals surface area contributed by atoms with Gasteiger partial charge in [-0.05, 0) is 61.2 Å². The van der Waals surface area contributed by atoms with Crippen molar-refractivity contribution in [3.05, 3.63) is 54.4 Å². The highest BCUT2D eigenvalue weighted by atomic mass is 32.2. The SMILES string of the molecule is O=C(Nc1ccc(S(=O)(=O)NCc2ccncc2)cc1)N1CCCCC1. The maximum atomic E-state index is 12.4. The van der Waals surface area contributed by atoms with Crippen molar-refractivity contribution in [2.75, 3.05) is 18.4 Å². The molecule has 2 N–H and O–H groups in total. The number of nitrogens with zero attached hydrogens (tertiary/aromatic N) is 2. The van der Waals surface area contributed by atoms with E-state index in [-0.39, 0.29) is 17.5 Å². The van der Waals surface area contributed by atoms with Gasteiger partial charge in [-0.15, -0.1) is 0 Å². The Morgan fingerprint density at radius 1 is 1.00 bits per heavy atom. The van der Waals surface area contributed by atoms with E-state index in [4.69, 9.17) is 0 Å². The Morgan fingerprint density at radius 2 is 1.65 bits per heavy atom. The summed E-state index contributed by atoms with van der Waals surface area (Å²) in [5.41, 5.74) is 1.41. The maximum absolute atomic E-state index is 12.4. The van der Waals surface area contributed by atoms with E-state index in [0.29, 0.717) is 5.69 Å². The number of urea groups is 1. The van der Waals surface area contributed by atoms with Gasteiger partial charge in [0.2, 0.25) is 10.0 Å². The molecule has 1 saturated heterocycles. The smallest absolute Gasteiger partial charge is 0.321 e. The number of carbonyl (C=O) groups excluding carboxylic acids is 1. The van der Waals surface area contributed by atoms with Crippen LogP contribution in [0.5, 0.6) is 0 Å². The lowest BCUT2D eigenvalue weighted by atomic mass is 10.1. The first-order chi connectivity index (χ1) is 12.5. The number of nitrogens with one attached hydrogen (secondary N) is 2. The van der Waals surface area contributed by atoms with E-state index in [9.17, 15) is 13.2 Å². The summed E-state index contributed by atoms with van der Waals surface area (Å²) >= 11 is 0. The van der Waals surface area contributed by atoms with Crippen LogP contribution in [0.3, 0.4) is 0 Å². The standard InChI is InChI=1S/C18H22N4O3S/c23-18(22-12-2-1-3-13-22)21-16-4-6-17(7-5-16)26(24,25)20-14-15-8-10-19-11-9-15/h4-11,20H,1-3,12-14H2,(H,21,23). The molecule has 1 aliphatic rings. The Kier molecular flexibility index (Phi) is 5.85. The molecule has 0 aliphatic carbocycles. The predicted octanol–water partition coefficient (Wildman–Crippen LogP) is 2.58. The molecule has 0 spiro atoms. The van der Waals surface area contributed by atoms with Gasteiger partial charge in [-0.3, -0.25) is 4.98 Å².